The molecule has 446 valence electrons. The Balaban J connectivity index is 2.32. The molecular formula is C55H96N7O15P. The van der Waals surface area contributed by atoms with Gasteiger partial charge in [-0.25, -0.2) is 9.36 Å². The SMILES string of the molecule is CC[C@H](C)[C@@H]([C@@H](CC(=O)N1CCC[C@H]1[C@H](OC)[C@@H](C)C(=O)N[C@@H](Cc1ccccc1)C(=O)OC(C)C)OC)N(C)C(=O)[C@@H](NC(=O)[C@H](C(C)C)N(C)C(=O)CN(CCOC(=O)[C@H](C)NC(C)(C)C)CCOP(=O)(O)O)C(C)C. The highest BCUT2D eigenvalue weighted by Crippen LogP contribution is 2.35. The minimum Gasteiger partial charge on any atom is -0.463 e. The molecule has 1 aromatic rings. The maximum absolute atomic E-state index is 14.8. The second-order valence-electron chi connectivity index (χ2n) is 22.6. The van der Waals surface area contributed by atoms with E-state index >= 15 is 0 Å². The molecule has 22 nitrogen and oxygen atoms in total. The average Bonchev–Trinajstić information content (AvgIpc) is 3.83. The Morgan fingerprint density at radius 3 is 1.96 bits per heavy atom. The Bertz CT molecular complexity index is 2120. The van der Waals surface area contributed by atoms with Crippen molar-refractivity contribution in [2.45, 2.75) is 182 Å². The van der Waals surface area contributed by atoms with Crippen molar-refractivity contribution >= 4 is 49.3 Å². The molecule has 23 heteroatoms. The number of carbonyl (C=O) groups excluding carboxylic acids is 7. The third kappa shape index (κ3) is 22.5. The van der Waals surface area contributed by atoms with Crippen LogP contribution in [0, 0.1) is 23.7 Å². The van der Waals surface area contributed by atoms with Crippen molar-refractivity contribution in [3.05, 3.63) is 35.9 Å². The summed E-state index contributed by atoms with van der Waals surface area (Å²) < 4.78 is 39.2. The molecule has 1 heterocycles. The summed E-state index contributed by atoms with van der Waals surface area (Å²) in [7, 11) is 1.22. The number of nitrogens with one attached hydrogen (secondary N) is 3. The first-order valence-electron chi connectivity index (χ1n) is 27.4. The number of ether oxygens (including phenoxy) is 4. The molecule has 2 rings (SSSR count). The summed E-state index contributed by atoms with van der Waals surface area (Å²) in [5, 5.41) is 8.95. The Hall–Kier alpha value is -4.54. The fourth-order valence-corrected chi connectivity index (χ4v) is 10.3. The maximum atomic E-state index is 14.8. The van der Waals surface area contributed by atoms with E-state index in [1.807, 2.05) is 65.0 Å². The molecule has 5 amide bonds. The van der Waals surface area contributed by atoms with Gasteiger partial charge in [0.2, 0.25) is 29.5 Å². The second kappa shape index (κ2) is 32.6. The fraction of sp³-hybridized carbons (Fsp3) is 0.764. The number of carbonyl (C=O) groups is 7. The highest BCUT2D eigenvalue weighted by Gasteiger charge is 2.44. The molecule has 0 aliphatic carbocycles. The summed E-state index contributed by atoms with van der Waals surface area (Å²) in [4.78, 5) is 122. The van der Waals surface area contributed by atoms with Gasteiger partial charge in [0.05, 0.1) is 55.9 Å². The first kappa shape index (κ1) is 69.6. The molecule has 1 fully saturated rings. The van der Waals surface area contributed by atoms with Gasteiger partial charge < -0.3 is 54.1 Å². The van der Waals surface area contributed by atoms with E-state index in [4.69, 9.17) is 18.9 Å². The van der Waals surface area contributed by atoms with E-state index in [1.54, 1.807) is 67.3 Å². The lowest BCUT2D eigenvalue weighted by molar-refractivity contribution is -0.153. The van der Waals surface area contributed by atoms with E-state index in [1.165, 1.54) is 36.0 Å². The van der Waals surface area contributed by atoms with Gasteiger partial charge in [0, 0.05) is 59.9 Å². The van der Waals surface area contributed by atoms with Crippen molar-refractivity contribution in [1.82, 2.24) is 35.6 Å². The molecule has 1 aliphatic heterocycles. The smallest absolute Gasteiger partial charge is 0.463 e. The fourth-order valence-electron chi connectivity index (χ4n) is 9.99. The maximum Gasteiger partial charge on any atom is 0.469 e. The molecule has 0 unspecified atom stereocenters. The van der Waals surface area contributed by atoms with Gasteiger partial charge in [-0.3, -0.25) is 43.5 Å². The molecule has 0 saturated carbocycles. The molecular weight excluding hydrogens is 1030 g/mol. The lowest BCUT2D eigenvalue weighted by Crippen LogP contribution is -2.60. The van der Waals surface area contributed by atoms with Crippen molar-refractivity contribution in [3.63, 3.8) is 0 Å². The van der Waals surface area contributed by atoms with Gasteiger partial charge in [0.1, 0.15) is 30.8 Å². The summed E-state index contributed by atoms with van der Waals surface area (Å²) in [6, 6.07) is 4.43. The van der Waals surface area contributed by atoms with Crippen molar-refractivity contribution in [3.8, 4) is 0 Å². The molecule has 5 N–H and O–H groups in total. The number of amides is 5. The van der Waals surface area contributed by atoms with Crippen LogP contribution >= 0.6 is 7.82 Å². The number of hydrogen-bond donors (Lipinski definition) is 5. The molecule has 0 spiro atoms. The Kier molecular flexibility index (Phi) is 29.1. The number of nitrogens with zero attached hydrogens (tertiary/aromatic N) is 4. The normalized spacial score (nSPS) is 17.6. The molecule has 78 heavy (non-hydrogen) atoms. The van der Waals surface area contributed by atoms with E-state index in [0.29, 0.717) is 25.8 Å². The average molecular weight is 1130 g/mol. The molecule has 1 aromatic carbocycles. The van der Waals surface area contributed by atoms with Crippen LogP contribution in [0.25, 0.3) is 0 Å². The number of methoxy groups -OCH3 is 2. The quantitative estimate of drug-likeness (QED) is 0.0493. The zero-order valence-electron chi connectivity index (χ0n) is 49.6. The molecule has 1 aliphatic rings. The third-order valence-corrected chi connectivity index (χ3v) is 14.6. The van der Waals surface area contributed by atoms with E-state index in [2.05, 4.69) is 20.5 Å². The number of hydrogen-bond acceptors (Lipinski definition) is 15. The van der Waals surface area contributed by atoms with E-state index in [-0.39, 0.29) is 56.4 Å². The zero-order chi connectivity index (χ0) is 59.4. The van der Waals surface area contributed by atoms with Crippen molar-refractivity contribution in [2.75, 3.05) is 67.7 Å². The summed E-state index contributed by atoms with van der Waals surface area (Å²) >= 11 is 0. The van der Waals surface area contributed by atoms with Crippen LogP contribution in [0.1, 0.15) is 121 Å². The zero-order valence-corrected chi connectivity index (χ0v) is 50.5. The van der Waals surface area contributed by atoms with Crippen LogP contribution < -0.4 is 16.0 Å². The standard InChI is InChI=1S/C55H96N7O15P/c1-18-37(8)48(43(73-16)32-44(63)62-26-22-25-42(62)49(74-17)38(9)50(65)56-41(54(69)77-36(6)7)31-40-23-20-19-21-24-40)60(15)52(67)46(34(2)3)57-51(66)47(35(4)5)59(14)45(64)33-61(28-30-76-78(70,71)72)27-29-75-53(68)39(10)58-55(11,12)13/h19-21,23-24,34-39,41-43,46-49,58H,18,22,25-33H2,1-17H3,(H,56,65)(H,57,66)(H2,70,71,72)/t37-,38+,39-,41-,42-,43+,46-,47-,48-,49+/m0/s1. The minimum absolute atomic E-state index is 0.00188. The first-order chi connectivity index (χ1) is 36.3. The highest BCUT2D eigenvalue weighted by molar-refractivity contribution is 7.46. The first-order valence-corrected chi connectivity index (χ1v) is 28.9. The minimum atomic E-state index is -4.84. The molecule has 0 aromatic heterocycles. The number of likely N-dealkylation sites (tertiary alicyclic amines) is 1. The second-order valence-corrected chi connectivity index (χ2v) is 23.9. The highest BCUT2D eigenvalue weighted by atomic mass is 31.2. The van der Waals surface area contributed by atoms with Crippen LogP contribution in [0.2, 0.25) is 0 Å². The van der Waals surface area contributed by atoms with E-state index in [9.17, 15) is 47.9 Å². The van der Waals surface area contributed by atoms with Gasteiger partial charge in [-0.1, -0.05) is 85.2 Å². The summed E-state index contributed by atoms with van der Waals surface area (Å²) in [5.74, 6) is -5.19. The summed E-state index contributed by atoms with van der Waals surface area (Å²) in [6.07, 6.45) is -0.00968. The number of phosphoric acid groups is 1. The molecule has 0 bridgehead atoms. The van der Waals surface area contributed by atoms with Gasteiger partial charge in [-0.05, 0) is 77.7 Å². The van der Waals surface area contributed by atoms with Crippen molar-refractivity contribution in [1.29, 1.82) is 0 Å². The van der Waals surface area contributed by atoms with Crippen LogP contribution in [-0.4, -0.2) is 199 Å². The largest absolute Gasteiger partial charge is 0.469 e. The van der Waals surface area contributed by atoms with Gasteiger partial charge in [-0.15, -0.1) is 0 Å². The Labute approximate surface area is 464 Å². The predicted molar refractivity (Wildman–Crippen MR) is 295 cm³/mol. The Morgan fingerprint density at radius 2 is 1.44 bits per heavy atom. The van der Waals surface area contributed by atoms with E-state index in [0.717, 1.165) is 5.56 Å². The van der Waals surface area contributed by atoms with Gasteiger partial charge in [0.15, 0.2) is 0 Å². The van der Waals surface area contributed by atoms with Gasteiger partial charge >= 0.3 is 19.8 Å². The molecule has 1 saturated heterocycles. The molecule has 10 atom stereocenters. The van der Waals surface area contributed by atoms with Gasteiger partial charge in [-0.2, -0.15) is 0 Å². The number of likely N-dealkylation sites (N-methyl/N-ethyl adjacent to an activating group) is 2. The van der Waals surface area contributed by atoms with E-state index < -0.39 is 122 Å². The summed E-state index contributed by atoms with van der Waals surface area (Å²) in [5.41, 5.74) is 0.473. The predicted octanol–water partition coefficient (Wildman–Crippen LogP) is 3.94. The summed E-state index contributed by atoms with van der Waals surface area (Å²) in [6.45, 7) is 22.9. The lowest BCUT2D eigenvalue weighted by Gasteiger charge is -2.41. The number of benzene rings is 1. The topological polar surface area (TPSA) is 272 Å². The number of esters is 2. The molecule has 0 radical (unpaired) electrons. The van der Waals surface area contributed by atoms with Crippen LogP contribution in [0.5, 0.6) is 0 Å². The van der Waals surface area contributed by atoms with Gasteiger partial charge in [0.25, 0.3) is 0 Å². The number of phosphoric ester groups is 1. The Morgan fingerprint density at radius 1 is 0.821 bits per heavy atom. The third-order valence-electron chi connectivity index (χ3n) is 14.1. The van der Waals surface area contributed by atoms with Crippen LogP contribution in [0.4, 0.5) is 0 Å². The monoisotopic (exact) mass is 1130 g/mol. The van der Waals surface area contributed by atoms with Crippen LogP contribution in [0.3, 0.4) is 0 Å². The van der Waals surface area contributed by atoms with Crippen molar-refractivity contribution in [2.24, 2.45) is 23.7 Å². The lowest BCUT2D eigenvalue weighted by atomic mass is 9.89. The number of rotatable bonds is 33. The van der Waals surface area contributed by atoms with Crippen LogP contribution in [-0.2, 0) is 68.0 Å². The van der Waals surface area contributed by atoms with Crippen LogP contribution in [0.15, 0.2) is 30.3 Å². The van der Waals surface area contributed by atoms with Crippen molar-refractivity contribution < 1.29 is 71.4 Å².